The Morgan fingerprint density at radius 1 is 1.43 bits per heavy atom. The normalized spacial score (nSPS) is 9.90. The summed E-state index contributed by atoms with van der Waals surface area (Å²) in [6, 6.07) is 10.8. The highest BCUT2D eigenvalue weighted by Gasteiger charge is 2.06. The van der Waals surface area contributed by atoms with Crippen LogP contribution in [0.25, 0.3) is 0 Å². The van der Waals surface area contributed by atoms with Gasteiger partial charge in [-0.25, -0.2) is 0 Å². The number of benzene rings is 1. The lowest BCUT2D eigenvalue weighted by Crippen LogP contribution is -2.31. The molecule has 0 aliphatic heterocycles. The van der Waals surface area contributed by atoms with Gasteiger partial charge in [0.1, 0.15) is 11.8 Å². The molecule has 0 spiro atoms. The molecular weight excluding hydrogens is 268 g/mol. The standard InChI is InChI=1S/C15H16N4O2/c1-19-13(7-9-18-19)6-8-17-15(20)11-21-14-5-3-2-4-12(14)10-16/h2-5,7,9H,6,8,11H2,1H3,(H,17,20). The fraction of sp³-hybridized carbons (Fsp3) is 0.267. The summed E-state index contributed by atoms with van der Waals surface area (Å²) in [6.07, 6.45) is 2.43. The van der Waals surface area contributed by atoms with E-state index in [2.05, 4.69) is 10.4 Å². The van der Waals surface area contributed by atoms with Crippen LogP contribution in [0.1, 0.15) is 11.3 Å². The molecule has 1 aromatic heterocycles. The highest BCUT2D eigenvalue weighted by atomic mass is 16.5. The van der Waals surface area contributed by atoms with Crippen molar-refractivity contribution in [3.05, 3.63) is 47.8 Å². The molecule has 0 saturated carbocycles. The quantitative estimate of drug-likeness (QED) is 0.859. The molecular formula is C15H16N4O2. The highest BCUT2D eigenvalue weighted by Crippen LogP contribution is 2.16. The van der Waals surface area contributed by atoms with Gasteiger partial charge in [-0.1, -0.05) is 12.1 Å². The van der Waals surface area contributed by atoms with Crippen LogP contribution in [0.2, 0.25) is 0 Å². The predicted molar refractivity (Wildman–Crippen MR) is 76.6 cm³/mol. The molecule has 2 rings (SSSR count). The minimum atomic E-state index is -0.218. The van der Waals surface area contributed by atoms with Crippen LogP contribution < -0.4 is 10.1 Å². The van der Waals surface area contributed by atoms with E-state index in [9.17, 15) is 4.79 Å². The molecule has 108 valence electrons. The predicted octanol–water partition coefficient (Wildman–Crippen LogP) is 1.03. The third kappa shape index (κ3) is 4.08. The van der Waals surface area contributed by atoms with Crippen LogP contribution in [0.15, 0.2) is 36.5 Å². The van der Waals surface area contributed by atoms with E-state index in [1.807, 2.05) is 19.2 Å². The lowest BCUT2D eigenvalue weighted by atomic mass is 10.2. The second kappa shape index (κ2) is 7.10. The molecule has 21 heavy (non-hydrogen) atoms. The maximum absolute atomic E-state index is 11.7. The summed E-state index contributed by atoms with van der Waals surface area (Å²) in [5.74, 6) is 0.201. The smallest absolute Gasteiger partial charge is 0.257 e. The number of nitrogens with zero attached hydrogens (tertiary/aromatic N) is 3. The zero-order valence-electron chi connectivity index (χ0n) is 11.7. The molecule has 6 heteroatoms. The Morgan fingerprint density at radius 3 is 2.95 bits per heavy atom. The van der Waals surface area contributed by atoms with Crippen LogP contribution in [0, 0.1) is 11.3 Å². The maximum atomic E-state index is 11.7. The number of aromatic nitrogens is 2. The first-order valence-electron chi connectivity index (χ1n) is 6.56. The van der Waals surface area contributed by atoms with Crippen LogP contribution in [0.4, 0.5) is 0 Å². The van der Waals surface area contributed by atoms with Gasteiger partial charge in [0.05, 0.1) is 5.56 Å². The van der Waals surface area contributed by atoms with Crippen LogP contribution in [-0.2, 0) is 18.3 Å². The number of carbonyl (C=O) groups excluding carboxylic acids is 1. The van der Waals surface area contributed by atoms with Crippen molar-refractivity contribution >= 4 is 5.91 Å². The second-order valence-electron chi connectivity index (χ2n) is 4.44. The Morgan fingerprint density at radius 2 is 2.24 bits per heavy atom. The Kier molecular flexibility index (Phi) is 4.94. The van der Waals surface area contributed by atoms with Gasteiger partial charge in [0.25, 0.3) is 5.91 Å². The fourth-order valence-electron chi connectivity index (χ4n) is 1.86. The first-order valence-corrected chi connectivity index (χ1v) is 6.56. The van der Waals surface area contributed by atoms with Crippen LogP contribution in [-0.4, -0.2) is 28.8 Å². The second-order valence-corrected chi connectivity index (χ2v) is 4.44. The number of ether oxygens (including phenoxy) is 1. The zero-order valence-corrected chi connectivity index (χ0v) is 11.7. The molecule has 1 N–H and O–H groups in total. The van der Waals surface area contributed by atoms with E-state index in [0.29, 0.717) is 24.3 Å². The van der Waals surface area contributed by atoms with Gasteiger partial charge in [-0.3, -0.25) is 9.48 Å². The fourth-order valence-corrected chi connectivity index (χ4v) is 1.86. The topological polar surface area (TPSA) is 79.9 Å². The number of hydrogen-bond acceptors (Lipinski definition) is 4. The number of nitriles is 1. The van der Waals surface area contributed by atoms with E-state index in [-0.39, 0.29) is 12.5 Å². The summed E-state index contributed by atoms with van der Waals surface area (Å²) < 4.78 is 7.12. The number of nitrogens with one attached hydrogen (secondary N) is 1. The monoisotopic (exact) mass is 284 g/mol. The van der Waals surface area contributed by atoms with E-state index in [1.54, 1.807) is 35.1 Å². The minimum absolute atomic E-state index is 0.107. The largest absolute Gasteiger partial charge is 0.482 e. The lowest BCUT2D eigenvalue weighted by Gasteiger charge is -2.08. The summed E-state index contributed by atoms with van der Waals surface area (Å²) in [5.41, 5.74) is 1.46. The van der Waals surface area contributed by atoms with E-state index in [4.69, 9.17) is 10.00 Å². The van der Waals surface area contributed by atoms with Gasteiger partial charge in [-0.2, -0.15) is 10.4 Å². The van der Waals surface area contributed by atoms with Gasteiger partial charge in [-0.15, -0.1) is 0 Å². The number of para-hydroxylation sites is 1. The van der Waals surface area contributed by atoms with Crippen LogP contribution >= 0.6 is 0 Å². The van der Waals surface area contributed by atoms with E-state index in [0.717, 1.165) is 5.69 Å². The molecule has 2 aromatic rings. The molecule has 1 aromatic carbocycles. The Balaban J connectivity index is 1.75. The average Bonchev–Trinajstić information content (AvgIpc) is 2.91. The van der Waals surface area contributed by atoms with E-state index >= 15 is 0 Å². The average molecular weight is 284 g/mol. The van der Waals surface area contributed by atoms with Gasteiger partial charge in [0.15, 0.2) is 6.61 Å². The maximum Gasteiger partial charge on any atom is 0.257 e. The minimum Gasteiger partial charge on any atom is -0.482 e. The zero-order chi connectivity index (χ0) is 15.1. The summed E-state index contributed by atoms with van der Waals surface area (Å²) in [5, 5.41) is 15.7. The number of hydrogen-bond donors (Lipinski definition) is 1. The Hall–Kier alpha value is -2.81. The van der Waals surface area contributed by atoms with Gasteiger partial charge in [0.2, 0.25) is 0 Å². The SMILES string of the molecule is Cn1nccc1CCNC(=O)COc1ccccc1C#N. The van der Waals surface area contributed by atoms with Crippen molar-refractivity contribution in [1.29, 1.82) is 5.26 Å². The number of aryl methyl sites for hydroxylation is 1. The summed E-state index contributed by atoms with van der Waals surface area (Å²) in [7, 11) is 1.86. The summed E-state index contributed by atoms with van der Waals surface area (Å²) in [4.78, 5) is 11.7. The van der Waals surface area contributed by atoms with Crippen molar-refractivity contribution in [1.82, 2.24) is 15.1 Å². The van der Waals surface area contributed by atoms with Crippen molar-refractivity contribution in [2.24, 2.45) is 7.05 Å². The first kappa shape index (κ1) is 14.6. The highest BCUT2D eigenvalue weighted by molar-refractivity contribution is 5.77. The molecule has 0 radical (unpaired) electrons. The molecule has 6 nitrogen and oxygen atoms in total. The van der Waals surface area contributed by atoms with E-state index in [1.165, 1.54) is 0 Å². The summed E-state index contributed by atoms with van der Waals surface area (Å²) >= 11 is 0. The van der Waals surface area contributed by atoms with Crippen molar-refractivity contribution in [2.45, 2.75) is 6.42 Å². The molecule has 0 bridgehead atoms. The summed E-state index contributed by atoms with van der Waals surface area (Å²) in [6.45, 7) is 0.408. The van der Waals surface area contributed by atoms with Crippen molar-refractivity contribution < 1.29 is 9.53 Å². The Bertz CT molecular complexity index is 658. The molecule has 0 aliphatic rings. The molecule has 1 heterocycles. The van der Waals surface area contributed by atoms with E-state index < -0.39 is 0 Å². The van der Waals surface area contributed by atoms with Crippen molar-refractivity contribution in [3.8, 4) is 11.8 Å². The van der Waals surface area contributed by atoms with Gasteiger partial charge < -0.3 is 10.1 Å². The van der Waals surface area contributed by atoms with Gasteiger partial charge in [-0.05, 0) is 18.2 Å². The Labute approximate surface area is 123 Å². The third-order valence-corrected chi connectivity index (χ3v) is 2.99. The number of carbonyl (C=O) groups is 1. The lowest BCUT2D eigenvalue weighted by molar-refractivity contribution is -0.123. The van der Waals surface area contributed by atoms with Crippen molar-refractivity contribution in [2.75, 3.05) is 13.2 Å². The number of rotatable bonds is 6. The van der Waals surface area contributed by atoms with Crippen molar-refractivity contribution in [3.63, 3.8) is 0 Å². The van der Waals surface area contributed by atoms with Crippen LogP contribution in [0.3, 0.4) is 0 Å². The molecule has 0 fully saturated rings. The molecule has 0 saturated heterocycles. The van der Waals surface area contributed by atoms with Gasteiger partial charge in [0, 0.05) is 31.9 Å². The molecule has 1 amide bonds. The molecule has 0 unspecified atom stereocenters. The molecule has 0 atom stereocenters. The van der Waals surface area contributed by atoms with Gasteiger partial charge >= 0.3 is 0 Å². The first-order chi connectivity index (χ1) is 10.2. The third-order valence-electron chi connectivity index (χ3n) is 2.99. The number of amides is 1. The van der Waals surface area contributed by atoms with Crippen LogP contribution in [0.5, 0.6) is 5.75 Å². The molecule has 0 aliphatic carbocycles.